The number of hydrogen-bond donors (Lipinski definition) is 2. The second-order valence-electron chi connectivity index (χ2n) is 5.78. The van der Waals surface area contributed by atoms with Gasteiger partial charge in [0, 0.05) is 23.5 Å². The van der Waals surface area contributed by atoms with E-state index in [1.54, 1.807) is 11.4 Å². The van der Waals surface area contributed by atoms with E-state index in [1.807, 2.05) is 18.2 Å². The summed E-state index contributed by atoms with van der Waals surface area (Å²) in [5, 5.41) is 14.8. The first-order valence-corrected chi connectivity index (χ1v) is 9.14. The number of thiazole rings is 1. The Morgan fingerprint density at radius 3 is 2.88 bits per heavy atom. The molecule has 0 spiro atoms. The van der Waals surface area contributed by atoms with Crippen molar-refractivity contribution in [1.82, 2.24) is 10.3 Å². The number of aromatic nitrogens is 1. The zero-order chi connectivity index (χ0) is 17.8. The minimum absolute atomic E-state index is 0.183. The number of carbonyl (C=O) groups excluding carboxylic acids is 1. The number of halogens is 1. The minimum Gasteiger partial charge on any atom is -0.480 e. The summed E-state index contributed by atoms with van der Waals surface area (Å²) in [7, 11) is 0. The van der Waals surface area contributed by atoms with E-state index in [0.717, 1.165) is 12.0 Å². The fourth-order valence-corrected chi connectivity index (χ4v) is 3.88. The summed E-state index contributed by atoms with van der Waals surface area (Å²) in [4.78, 5) is 28.3. The lowest BCUT2D eigenvalue weighted by Crippen LogP contribution is -2.48. The predicted octanol–water partition coefficient (Wildman–Crippen LogP) is 3.07. The monoisotopic (exact) mass is 380 g/mol. The average molecular weight is 381 g/mol. The van der Waals surface area contributed by atoms with E-state index >= 15 is 0 Å². The molecule has 132 valence electrons. The van der Waals surface area contributed by atoms with Gasteiger partial charge < -0.3 is 15.2 Å². The molecular formula is C17H17ClN2O4S. The molecule has 0 bridgehead atoms. The molecule has 25 heavy (non-hydrogen) atoms. The molecule has 1 aliphatic heterocycles. The summed E-state index contributed by atoms with van der Waals surface area (Å²) in [6.45, 7) is 0.962. The Morgan fingerprint density at radius 2 is 2.20 bits per heavy atom. The van der Waals surface area contributed by atoms with Gasteiger partial charge in [-0.05, 0) is 18.9 Å². The van der Waals surface area contributed by atoms with Crippen LogP contribution in [0.4, 0.5) is 0 Å². The van der Waals surface area contributed by atoms with E-state index in [0.29, 0.717) is 29.7 Å². The van der Waals surface area contributed by atoms with Crippen LogP contribution < -0.4 is 5.32 Å². The number of carboxylic acid groups (broad SMARTS) is 1. The molecule has 1 aromatic carbocycles. The van der Waals surface area contributed by atoms with Gasteiger partial charge in [0.05, 0.1) is 11.6 Å². The molecule has 2 aromatic rings. The van der Waals surface area contributed by atoms with Crippen molar-refractivity contribution >= 4 is 34.8 Å². The van der Waals surface area contributed by atoms with Gasteiger partial charge in [-0.2, -0.15) is 0 Å². The molecule has 0 saturated carbocycles. The number of amides is 1. The van der Waals surface area contributed by atoms with Gasteiger partial charge in [0.15, 0.2) is 0 Å². The van der Waals surface area contributed by atoms with Crippen LogP contribution in [0.15, 0.2) is 29.6 Å². The molecule has 0 aliphatic carbocycles. The Morgan fingerprint density at radius 1 is 1.40 bits per heavy atom. The largest absolute Gasteiger partial charge is 0.480 e. The van der Waals surface area contributed by atoms with E-state index in [1.165, 1.54) is 11.3 Å². The van der Waals surface area contributed by atoms with Gasteiger partial charge >= 0.3 is 5.97 Å². The van der Waals surface area contributed by atoms with Crippen LogP contribution in [0.3, 0.4) is 0 Å². The SMILES string of the molecule is O=C(NC(C(=O)O)C1CCCOC1)c1csc(-c2ccccc2Cl)n1. The fraction of sp³-hybridized carbons (Fsp3) is 0.353. The van der Waals surface area contributed by atoms with Crippen LogP contribution in [0, 0.1) is 5.92 Å². The predicted molar refractivity (Wildman–Crippen MR) is 95.0 cm³/mol. The molecule has 2 heterocycles. The summed E-state index contributed by atoms with van der Waals surface area (Å²) in [6.07, 6.45) is 1.50. The second-order valence-corrected chi connectivity index (χ2v) is 7.05. The van der Waals surface area contributed by atoms with Crippen molar-refractivity contribution in [3.05, 3.63) is 40.4 Å². The van der Waals surface area contributed by atoms with Crippen LogP contribution in [0.1, 0.15) is 23.3 Å². The van der Waals surface area contributed by atoms with E-state index < -0.39 is 17.9 Å². The third kappa shape index (κ3) is 4.18. The molecule has 2 N–H and O–H groups in total. The van der Waals surface area contributed by atoms with Crippen molar-refractivity contribution < 1.29 is 19.4 Å². The number of carboxylic acids is 1. The second kappa shape index (κ2) is 7.95. The van der Waals surface area contributed by atoms with Gasteiger partial charge in [-0.15, -0.1) is 11.3 Å². The lowest BCUT2D eigenvalue weighted by atomic mass is 9.93. The topological polar surface area (TPSA) is 88.5 Å². The van der Waals surface area contributed by atoms with Crippen molar-refractivity contribution in [1.29, 1.82) is 0 Å². The maximum absolute atomic E-state index is 12.4. The highest BCUT2D eigenvalue weighted by Crippen LogP contribution is 2.30. The number of rotatable bonds is 5. The minimum atomic E-state index is -1.06. The van der Waals surface area contributed by atoms with Gasteiger partial charge in [-0.25, -0.2) is 9.78 Å². The van der Waals surface area contributed by atoms with Gasteiger partial charge in [0.25, 0.3) is 5.91 Å². The molecule has 1 aromatic heterocycles. The first kappa shape index (κ1) is 17.8. The Labute approximate surface area is 153 Å². The van der Waals surface area contributed by atoms with Crippen molar-refractivity contribution in [3.8, 4) is 10.6 Å². The summed E-state index contributed by atoms with van der Waals surface area (Å²) in [5.41, 5.74) is 0.923. The van der Waals surface area contributed by atoms with Crippen LogP contribution in [0.25, 0.3) is 10.6 Å². The first-order valence-electron chi connectivity index (χ1n) is 7.88. The lowest BCUT2D eigenvalue weighted by molar-refractivity contribution is -0.142. The smallest absolute Gasteiger partial charge is 0.326 e. The van der Waals surface area contributed by atoms with E-state index in [9.17, 15) is 14.7 Å². The maximum Gasteiger partial charge on any atom is 0.326 e. The Hall–Kier alpha value is -1.96. The van der Waals surface area contributed by atoms with Crippen LogP contribution in [0.5, 0.6) is 0 Å². The highest BCUT2D eigenvalue weighted by atomic mass is 35.5. The van der Waals surface area contributed by atoms with Crippen LogP contribution in [0.2, 0.25) is 5.02 Å². The molecule has 1 aliphatic rings. The van der Waals surface area contributed by atoms with Gasteiger partial charge in [-0.1, -0.05) is 29.8 Å². The van der Waals surface area contributed by atoms with Crippen molar-refractivity contribution in [2.75, 3.05) is 13.2 Å². The highest BCUT2D eigenvalue weighted by molar-refractivity contribution is 7.13. The number of ether oxygens (including phenoxy) is 1. The van der Waals surface area contributed by atoms with Crippen LogP contribution >= 0.6 is 22.9 Å². The molecule has 1 saturated heterocycles. The average Bonchev–Trinajstić information content (AvgIpc) is 3.10. The van der Waals surface area contributed by atoms with E-state index in [4.69, 9.17) is 16.3 Å². The number of aliphatic carboxylic acids is 1. The Kier molecular flexibility index (Phi) is 5.67. The molecular weight excluding hydrogens is 364 g/mol. The molecule has 3 rings (SSSR count). The number of nitrogens with one attached hydrogen (secondary N) is 1. The molecule has 6 nitrogen and oxygen atoms in total. The summed E-state index contributed by atoms with van der Waals surface area (Å²) >= 11 is 7.44. The van der Waals surface area contributed by atoms with Crippen molar-refractivity contribution in [2.24, 2.45) is 5.92 Å². The van der Waals surface area contributed by atoms with Gasteiger partial charge in [0.1, 0.15) is 16.7 Å². The lowest BCUT2D eigenvalue weighted by Gasteiger charge is -2.27. The maximum atomic E-state index is 12.4. The number of benzene rings is 1. The third-order valence-corrected chi connectivity index (χ3v) is 5.27. The van der Waals surface area contributed by atoms with Crippen LogP contribution in [-0.4, -0.2) is 41.2 Å². The van der Waals surface area contributed by atoms with E-state index in [-0.39, 0.29) is 11.6 Å². The summed E-state index contributed by atoms with van der Waals surface area (Å²) in [5.74, 6) is -1.81. The standard InChI is InChI=1S/C17H17ClN2O4S/c18-12-6-2-1-5-11(12)16-19-13(9-25-16)15(21)20-14(17(22)23)10-4-3-7-24-8-10/h1-2,5-6,9-10,14H,3-4,7-8H2,(H,20,21)(H,22,23). The number of nitrogens with zero attached hydrogens (tertiary/aromatic N) is 1. The molecule has 0 radical (unpaired) electrons. The zero-order valence-corrected chi connectivity index (χ0v) is 14.8. The normalized spacial score (nSPS) is 18.5. The summed E-state index contributed by atoms with van der Waals surface area (Å²) < 4.78 is 5.33. The first-order chi connectivity index (χ1) is 12.1. The third-order valence-electron chi connectivity index (χ3n) is 4.06. The molecule has 2 atom stereocenters. The quantitative estimate of drug-likeness (QED) is 0.832. The molecule has 1 fully saturated rings. The summed E-state index contributed by atoms with van der Waals surface area (Å²) in [6, 6.07) is 6.24. The fourth-order valence-electron chi connectivity index (χ4n) is 2.76. The number of carbonyl (C=O) groups is 2. The molecule has 2 unspecified atom stereocenters. The van der Waals surface area contributed by atoms with E-state index in [2.05, 4.69) is 10.3 Å². The Balaban J connectivity index is 1.74. The van der Waals surface area contributed by atoms with Gasteiger partial charge in [0.2, 0.25) is 0 Å². The Bertz CT molecular complexity index is 774. The van der Waals surface area contributed by atoms with Gasteiger partial charge in [-0.3, -0.25) is 4.79 Å². The van der Waals surface area contributed by atoms with Crippen LogP contribution in [-0.2, 0) is 9.53 Å². The zero-order valence-electron chi connectivity index (χ0n) is 13.3. The molecule has 8 heteroatoms. The van der Waals surface area contributed by atoms with Crippen molar-refractivity contribution in [2.45, 2.75) is 18.9 Å². The number of hydrogen-bond acceptors (Lipinski definition) is 5. The molecule has 1 amide bonds. The highest BCUT2D eigenvalue weighted by Gasteiger charge is 2.32. The van der Waals surface area contributed by atoms with Crippen molar-refractivity contribution in [3.63, 3.8) is 0 Å².